The largest absolute Gasteiger partial charge is 0.300 e. The number of sulfonamides is 1. The van der Waals surface area contributed by atoms with Crippen molar-refractivity contribution in [1.82, 2.24) is 19.5 Å². The van der Waals surface area contributed by atoms with Crippen LogP contribution in [0, 0.1) is 12.8 Å². The van der Waals surface area contributed by atoms with Crippen molar-refractivity contribution in [2.75, 3.05) is 13.1 Å². The molecule has 1 aromatic rings. The lowest BCUT2D eigenvalue weighted by molar-refractivity contribution is 0.0757. The van der Waals surface area contributed by atoms with Gasteiger partial charge in [-0.1, -0.05) is 12.1 Å². The van der Waals surface area contributed by atoms with Crippen LogP contribution in [0.1, 0.15) is 51.1 Å². The molecule has 3 aliphatic rings. The summed E-state index contributed by atoms with van der Waals surface area (Å²) >= 11 is 0. The van der Waals surface area contributed by atoms with Crippen LogP contribution in [0.25, 0.3) is 0 Å². The molecule has 0 saturated carbocycles. The van der Waals surface area contributed by atoms with Crippen LogP contribution >= 0.6 is 0 Å². The Labute approximate surface area is 143 Å². The van der Waals surface area contributed by atoms with E-state index in [1.165, 1.54) is 12.8 Å². The van der Waals surface area contributed by atoms with Crippen LogP contribution in [0.15, 0.2) is 9.65 Å². The molecule has 0 aromatic carbocycles. The Morgan fingerprint density at radius 3 is 2.17 bits per heavy atom. The number of rotatable bonds is 3. The molecule has 134 valence electrons. The van der Waals surface area contributed by atoms with Gasteiger partial charge >= 0.3 is 0 Å². The molecule has 2 bridgehead atoms. The average molecular weight is 354 g/mol. The maximum absolute atomic E-state index is 13.0. The van der Waals surface area contributed by atoms with E-state index in [9.17, 15) is 8.42 Å². The van der Waals surface area contributed by atoms with Crippen molar-refractivity contribution in [1.29, 1.82) is 0 Å². The number of likely N-dealkylation sites (tertiary alicyclic amines) is 1. The van der Waals surface area contributed by atoms with E-state index >= 15 is 0 Å². The van der Waals surface area contributed by atoms with Crippen molar-refractivity contribution >= 4 is 10.0 Å². The zero-order valence-electron chi connectivity index (χ0n) is 14.4. The first-order valence-electron chi connectivity index (χ1n) is 9.03. The molecule has 0 N–H and O–H groups in total. The van der Waals surface area contributed by atoms with Gasteiger partial charge in [-0.15, -0.1) is 0 Å². The molecular formula is C16H26N4O3S. The highest BCUT2D eigenvalue weighted by molar-refractivity contribution is 7.89. The minimum atomic E-state index is -3.60. The molecule has 4 rings (SSSR count). The van der Waals surface area contributed by atoms with Crippen LogP contribution in [-0.2, 0) is 10.0 Å². The lowest BCUT2D eigenvalue weighted by Crippen LogP contribution is -2.53. The predicted octanol–water partition coefficient (Wildman–Crippen LogP) is 1.79. The van der Waals surface area contributed by atoms with Crippen LogP contribution < -0.4 is 0 Å². The van der Waals surface area contributed by atoms with Gasteiger partial charge in [0.05, 0.1) is 0 Å². The smallest absolute Gasteiger partial charge is 0.266 e. The topological polar surface area (TPSA) is 79.5 Å². The van der Waals surface area contributed by atoms with Gasteiger partial charge in [0.1, 0.15) is 5.69 Å². The molecular weight excluding hydrogens is 328 g/mol. The molecule has 4 heterocycles. The SMILES string of the molecule is Cc1nonc1S(=O)(=O)N1C2CCC1CC(N1CCC(C)CC1)C2. The summed E-state index contributed by atoms with van der Waals surface area (Å²) in [6, 6.07) is 0.710. The summed E-state index contributed by atoms with van der Waals surface area (Å²) in [6.45, 7) is 6.27. The summed E-state index contributed by atoms with van der Waals surface area (Å²) in [4.78, 5) is 2.60. The number of hydrogen-bond acceptors (Lipinski definition) is 6. The number of fused-ring (bicyclic) bond motifs is 2. The summed E-state index contributed by atoms with van der Waals surface area (Å²) in [7, 11) is -3.60. The molecule has 3 fully saturated rings. The van der Waals surface area contributed by atoms with Crippen LogP contribution in [0.4, 0.5) is 0 Å². The second-order valence-electron chi connectivity index (χ2n) is 7.72. The summed E-state index contributed by atoms with van der Waals surface area (Å²) < 4.78 is 32.3. The van der Waals surface area contributed by atoms with Crippen molar-refractivity contribution in [2.24, 2.45) is 5.92 Å². The second-order valence-corrected chi connectivity index (χ2v) is 9.48. The summed E-state index contributed by atoms with van der Waals surface area (Å²) in [5.74, 6) is 0.820. The van der Waals surface area contributed by atoms with Crippen molar-refractivity contribution in [2.45, 2.75) is 75.5 Å². The Balaban J connectivity index is 1.52. The van der Waals surface area contributed by atoms with E-state index in [-0.39, 0.29) is 17.1 Å². The first-order chi connectivity index (χ1) is 11.5. The first-order valence-corrected chi connectivity index (χ1v) is 10.5. The Hall–Kier alpha value is -0.990. The van der Waals surface area contributed by atoms with Crippen LogP contribution in [-0.4, -0.2) is 59.2 Å². The third-order valence-corrected chi connectivity index (χ3v) is 8.12. The van der Waals surface area contributed by atoms with Gasteiger partial charge in [-0.05, 0) is 69.6 Å². The second kappa shape index (κ2) is 6.07. The zero-order valence-corrected chi connectivity index (χ0v) is 15.2. The third kappa shape index (κ3) is 2.68. The number of nitrogens with zero attached hydrogens (tertiary/aromatic N) is 4. The molecule has 0 amide bonds. The molecule has 8 heteroatoms. The van der Waals surface area contributed by atoms with Crippen molar-refractivity contribution < 1.29 is 13.0 Å². The fraction of sp³-hybridized carbons (Fsp3) is 0.875. The fourth-order valence-corrected chi connectivity index (χ4v) is 6.65. The van der Waals surface area contributed by atoms with Gasteiger partial charge in [-0.25, -0.2) is 13.0 Å². The van der Waals surface area contributed by atoms with Crippen molar-refractivity contribution in [3.8, 4) is 0 Å². The fourth-order valence-electron chi connectivity index (χ4n) is 4.75. The molecule has 3 aliphatic heterocycles. The minimum Gasteiger partial charge on any atom is -0.300 e. The molecule has 2 atom stereocenters. The lowest BCUT2D eigenvalue weighted by Gasteiger charge is -2.44. The van der Waals surface area contributed by atoms with E-state index < -0.39 is 10.0 Å². The molecule has 7 nitrogen and oxygen atoms in total. The molecule has 0 spiro atoms. The highest BCUT2D eigenvalue weighted by Crippen LogP contribution is 2.41. The van der Waals surface area contributed by atoms with Crippen LogP contribution in [0.5, 0.6) is 0 Å². The molecule has 1 aromatic heterocycles. The van der Waals surface area contributed by atoms with Crippen LogP contribution in [0.3, 0.4) is 0 Å². The Morgan fingerprint density at radius 1 is 1.00 bits per heavy atom. The molecule has 0 radical (unpaired) electrons. The monoisotopic (exact) mass is 354 g/mol. The Bertz CT molecular complexity index is 682. The van der Waals surface area contributed by atoms with Gasteiger partial charge < -0.3 is 4.90 Å². The highest BCUT2D eigenvalue weighted by Gasteiger charge is 2.49. The zero-order chi connectivity index (χ0) is 16.9. The van der Waals surface area contributed by atoms with Crippen molar-refractivity contribution in [3.05, 3.63) is 5.69 Å². The third-order valence-electron chi connectivity index (χ3n) is 6.11. The van der Waals surface area contributed by atoms with Gasteiger partial charge in [-0.2, -0.15) is 4.31 Å². The van der Waals surface area contributed by atoms with E-state index in [0.717, 1.165) is 44.7 Å². The molecule has 3 saturated heterocycles. The van der Waals surface area contributed by atoms with Gasteiger partial charge in [0, 0.05) is 18.1 Å². The lowest BCUT2D eigenvalue weighted by atomic mass is 9.93. The maximum atomic E-state index is 13.0. The van der Waals surface area contributed by atoms with Gasteiger partial charge in [0.15, 0.2) is 0 Å². The Kier molecular flexibility index (Phi) is 4.17. The van der Waals surface area contributed by atoms with E-state index in [1.54, 1.807) is 11.2 Å². The standard InChI is InChI=1S/C16H26N4O3S/c1-11-5-7-19(8-6-11)15-9-13-3-4-14(10-15)20(13)24(21,22)16-12(2)17-23-18-16/h11,13-15H,3-10H2,1-2H3. The van der Waals surface area contributed by atoms with E-state index in [2.05, 4.69) is 26.8 Å². The highest BCUT2D eigenvalue weighted by atomic mass is 32.2. The van der Waals surface area contributed by atoms with E-state index in [0.29, 0.717) is 11.7 Å². The van der Waals surface area contributed by atoms with Crippen LogP contribution in [0.2, 0.25) is 0 Å². The van der Waals surface area contributed by atoms with Gasteiger partial charge in [0.2, 0.25) is 5.03 Å². The van der Waals surface area contributed by atoms with Crippen molar-refractivity contribution in [3.63, 3.8) is 0 Å². The van der Waals surface area contributed by atoms with Gasteiger partial charge in [-0.3, -0.25) is 0 Å². The quantitative estimate of drug-likeness (QED) is 0.823. The number of hydrogen-bond donors (Lipinski definition) is 0. The van der Waals surface area contributed by atoms with E-state index in [1.807, 2.05) is 0 Å². The number of aromatic nitrogens is 2. The van der Waals surface area contributed by atoms with Gasteiger partial charge in [0.25, 0.3) is 10.0 Å². The molecule has 24 heavy (non-hydrogen) atoms. The average Bonchev–Trinajstić information content (AvgIpc) is 3.10. The number of piperidine rings is 2. The Morgan fingerprint density at radius 2 is 1.62 bits per heavy atom. The molecule has 0 aliphatic carbocycles. The summed E-state index contributed by atoms with van der Waals surface area (Å²) in [5, 5.41) is 7.28. The predicted molar refractivity (Wildman–Crippen MR) is 87.9 cm³/mol. The van der Waals surface area contributed by atoms with E-state index in [4.69, 9.17) is 0 Å². The normalized spacial score (nSPS) is 33.2. The maximum Gasteiger partial charge on any atom is 0.266 e. The minimum absolute atomic E-state index is 0.00959. The first kappa shape index (κ1) is 16.5. The molecule has 2 unspecified atom stereocenters. The summed E-state index contributed by atoms with van der Waals surface area (Å²) in [6.07, 6.45) is 6.31. The number of aryl methyl sites for hydroxylation is 1. The summed E-state index contributed by atoms with van der Waals surface area (Å²) in [5.41, 5.74) is 0.349.